The van der Waals surface area contributed by atoms with Crippen LogP contribution in [0.1, 0.15) is 78.7 Å². The second-order valence-electron chi connectivity index (χ2n) is 15.2. The summed E-state index contributed by atoms with van der Waals surface area (Å²) in [5.41, 5.74) is 2.27. The Balaban J connectivity index is 1.54. The zero-order chi connectivity index (χ0) is 37.2. The third kappa shape index (κ3) is 8.94. The van der Waals surface area contributed by atoms with Gasteiger partial charge in [0.15, 0.2) is 0 Å². The monoisotopic (exact) mass is 707 g/mol. The lowest BCUT2D eigenvalue weighted by Crippen LogP contribution is -2.62. The molecule has 1 aliphatic heterocycles. The number of urea groups is 1. The molecule has 1 saturated heterocycles. The molecule has 0 spiro atoms. The zero-order valence-corrected chi connectivity index (χ0v) is 29.1. The largest absolute Gasteiger partial charge is 0.459 e. The van der Waals surface area contributed by atoms with Crippen molar-refractivity contribution in [2.24, 2.45) is 34.3 Å². The van der Waals surface area contributed by atoms with Crippen molar-refractivity contribution in [3.63, 3.8) is 0 Å². The summed E-state index contributed by atoms with van der Waals surface area (Å²) >= 11 is 0. The van der Waals surface area contributed by atoms with Crippen LogP contribution in [0.2, 0.25) is 0 Å². The number of halogens is 3. The molecule has 0 bridgehead atoms. The van der Waals surface area contributed by atoms with Crippen molar-refractivity contribution in [2.45, 2.75) is 110 Å². The van der Waals surface area contributed by atoms with E-state index >= 15 is 0 Å². The van der Waals surface area contributed by atoms with Crippen molar-refractivity contribution in [2.75, 3.05) is 6.54 Å². The van der Waals surface area contributed by atoms with Crippen LogP contribution in [0, 0.1) is 28.6 Å². The van der Waals surface area contributed by atoms with Gasteiger partial charge in [0.25, 0.3) is 5.91 Å². The molecule has 276 valence electrons. The molecule has 1 aromatic carbocycles. The Hall–Kier alpha value is -4.17. The number of primary amides is 1. The van der Waals surface area contributed by atoms with E-state index in [0.717, 1.165) is 12.8 Å². The number of nitrogens with zero attached hydrogens (tertiary/aromatic N) is 1. The highest BCUT2D eigenvalue weighted by atomic mass is 19.4. The predicted octanol–water partition coefficient (Wildman–Crippen LogP) is 3.37. The van der Waals surface area contributed by atoms with Crippen LogP contribution >= 0.6 is 0 Å². The molecule has 5 N–H and O–H groups in total. The number of ketones is 1. The van der Waals surface area contributed by atoms with E-state index in [9.17, 15) is 41.9 Å². The average Bonchev–Trinajstić information content (AvgIpc) is 3.97. The lowest BCUT2D eigenvalue weighted by atomic mass is 9.84. The first-order chi connectivity index (χ1) is 23.3. The van der Waals surface area contributed by atoms with Crippen LogP contribution in [0.15, 0.2) is 30.3 Å². The van der Waals surface area contributed by atoms with Gasteiger partial charge in [-0.25, -0.2) is 9.59 Å². The van der Waals surface area contributed by atoms with Crippen molar-refractivity contribution in [3.05, 3.63) is 35.9 Å². The molecule has 1 aromatic rings. The van der Waals surface area contributed by atoms with Gasteiger partial charge in [-0.1, -0.05) is 77.8 Å². The van der Waals surface area contributed by atoms with Gasteiger partial charge in [-0.15, -0.1) is 0 Å². The first kappa shape index (κ1) is 38.6. The fourth-order valence-electron chi connectivity index (χ4n) is 6.67. The Morgan fingerprint density at radius 3 is 2.08 bits per heavy atom. The number of likely N-dealkylation sites (tertiary alicyclic amines) is 1. The molecule has 12 nitrogen and oxygen atoms in total. The van der Waals surface area contributed by atoms with E-state index < -0.39 is 89.5 Å². The fraction of sp³-hybridized carbons (Fsp3) is 0.657. The quantitative estimate of drug-likeness (QED) is 0.169. The van der Waals surface area contributed by atoms with Gasteiger partial charge in [0.2, 0.25) is 17.6 Å². The maximum Gasteiger partial charge on any atom is 0.397 e. The van der Waals surface area contributed by atoms with Gasteiger partial charge in [0.1, 0.15) is 24.7 Å². The molecule has 15 heteroatoms. The fourth-order valence-corrected chi connectivity index (χ4v) is 6.67. The number of Topliss-reactive ketones (excluding diaryl/α,β-unsaturated/α-hetero) is 1. The van der Waals surface area contributed by atoms with E-state index in [1.165, 1.54) is 4.90 Å². The van der Waals surface area contributed by atoms with Crippen molar-refractivity contribution in [3.8, 4) is 0 Å². The van der Waals surface area contributed by atoms with Crippen LogP contribution in [-0.4, -0.2) is 77.3 Å². The number of hydrogen-bond acceptors (Lipinski definition) is 7. The second-order valence-corrected chi connectivity index (χ2v) is 15.2. The molecule has 3 fully saturated rings. The van der Waals surface area contributed by atoms with E-state index in [4.69, 9.17) is 10.5 Å². The Labute approximate surface area is 289 Å². The molecule has 1 unspecified atom stereocenters. The highest BCUT2D eigenvalue weighted by Crippen LogP contribution is 2.60. The summed E-state index contributed by atoms with van der Waals surface area (Å²) in [6.07, 6.45) is -3.28. The van der Waals surface area contributed by atoms with Gasteiger partial charge in [-0.2, -0.15) is 13.2 Å². The van der Waals surface area contributed by atoms with Gasteiger partial charge in [-0.3, -0.25) is 19.2 Å². The number of amides is 5. The number of benzene rings is 1. The lowest BCUT2D eigenvalue weighted by Gasteiger charge is -2.37. The molecule has 5 amide bonds. The van der Waals surface area contributed by atoms with E-state index in [0.29, 0.717) is 12.0 Å². The van der Waals surface area contributed by atoms with Crippen molar-refractivity contribution in [1.82, 2.24) is 20.9 Å². The summed E-state index contributed by atoms with van der Waals surface area (Å²) in [4.78, 5) is 80.4. The summed E-state index contributed by atoms with van der Waals surface area (Å²) < 4.78 is 48.0. The van der Waals surface area contributed by atoms with Crippen LogP contribution in [0.25, 0.3) is 0 Å². The van der Waals surface area contributed by atoms with Crippen LogP contribution in [-0.2, 0) is 35.3 Å². The topological polar surface area (TPSA) is 177 Å². The Morgan fingerprint density at radius 1 is 0.960 bits per heavy atom. The Kier molecular flexibility index (Phi) is 11.6. The average molecular weight is 708 g/mol. The molecule has 1 heterocycles. The molecule has 2 saturated carbocycles. The number of nitrogens with two attached hydrogens (primary N) is 1. The maximum absolute atomic E-state index is 14.3. The number of hydrogen-bond donors (Lipinski definition) is 4. The number of nitrogens with one attached hydrogen (secondary N) is 3. The maximum atomic E-state index is 14.3. The third-order valence-corrected chi connectivity index (χ3v) is 10.0. The summed E-state index contributed by atoms with van der Waals surface area (Å²) in [5, 5.41) is 7.32. The number of carbonyl (C=O) groups excluding carboxylic acids is 6. The molecule has 4 rings (SSSR count). The highest BCUT2D eigenvalue weighted by molar-refractivity contribution is 6.37. The minimum absolute atomic E-state index is 0.0821. The van der Waals surface area contributed by atoms with Crippen molar-refractivity contribution >= 4 is 35.5 Å². The van der Waals surface area contributed by atoms with Gasteiger partial charge in [0.05, 0.1) is 11.5 Å². The normalized spacial score (nSPS) is 21.8. The number of carbonyl (C=O) groups is 6. The predicted molar refractivity (Wildman–Crippen MR) is 175 cm³/mol. The molecule has 2 aliphatic carbocycles. The van der Waals surface area contributed by atoms with Crippen LogP contribution in [0.5, 0.6) is 0 Å². The molecular formula is C35H48F3N5O7. The smallest absolute Gasteiger partial charge is 0.397 e. The van der Waals surface area contributed by atoms with Gasteiger partial charge in [-0.05, 0) is 54.4 Å². The molecule has 3 aliphatic rings. The minimum atomic E-state index is -4.83. The number of ether oxygens (including phenoxy) is 1. The Morgan fingerprint density at radius 2 is 1.58 bits per heavy atom. The summed E-state index contributed by atoms with van der Waals surface area (Å²) in [6.45, 7) is 8.50. The van der Waals surface area contributed by atoms with Crippen molar-refractivity contribution < 1.29 is 46.7 Å². The minimum Gasteiger partial charge on any atom is -0.459 e. The van der Waals surface area contributed by atoms with Gasteiger partial charge >= 0.3 is 18.2 Å². The molecule has 0 aromatic heterocycles. The van der Waals surface area contributed by atoms with Crippen LogP contribution in [0.3, 0.4) is 0 Å². The third-order valence-electron chi connectivity index (χ3n) is 10.0. The molecular weight excluding hydrogens is 659 g/mol. The zero-order valence-electron chi connectivity index (χ0n) is 29.1. The SMILES string of the molecule is CC(C)[C@H]1CCN(C(=O)[C@@H](NC(=O)N[C@H](C(=O)OCc2ccccc2)C2(C(F)(F)F)CC2)C(C)(C)C)[C@@H]1C(=O)NC(CC1CC1)C(=O)C(N)=O. The first-order valence-electron chi connectivity index (χ1n) is 17.1. The number of rotatable bonds is 14. The molecule has 5 atom stereocenters. The van der Waals surface area contributed by atoms with E-state index in [1.807, 2.05) is 13.8 Å². The van der Waals surface area contributed by atoms with E-state index in [1.54, 1.807) is 51.1 Å². The van der Waals surface area contributed by atoms with Crippen LogP contribution in [0.4, 0.5) is 18.0 Å². The van der Waals surface area contributed by atoms with E-state index in [2.05, 4.69) is 16.0 Å². The summed E-state index contributed by atoms with van der Waals surface area (Å²) in [6, 6.07) is 1.53. The number of esters is 1. The first-order valence-corrected chi connectivity index (χ1v) is 17.1. The second kappa shape index (κ2) is 15.0. The Bertz CT molecular complexity index is 1450. The van der Waals surface area contributed by atoms with Gasteiger partial charge < -0.3 is 31.3 Å². The molecule has 0 radical (unpaired) electrons. The lowest BCUT2D eigenvalue weighted by molar-refractivity contribution is -0.202. The standard InChI is InChI=1S/C35H48F3N5O7/c1-19(2)22-13-16-43(24(22)29(46)40-23(17-20-11-12-20)25(44)28(39)45)30(47)26(33(3,4)5)41-32(49)42-27(34(14-15-34)35(36,37)38)31(48)50-18-21-9-7-6-8-10-21/h6-10,19-20,22-24,26-27H,11-18H2,1-5H3,(H2,39,45)(H,40,46)(H2,41,42,49)/t22-,23?,24+,26-,27-/m1/s1. The highest BCUT2D eigenvalue weighted by Gasteiger charge is 2.70. The van der Waals surface area contributed by atoms with Crippen LogP contribution < -0.4 is 21.7 Å². The number of alkyl halides is 3. The van der Waals surface area contributed by atoms with E-state index in [-0.39, 0.29) is 37.3 Å². The van der Waals surface area contributed by atoms with Crippen molar-refractivity contribution in [1.29, 1.82) is 0 Å². The van der Waals surface area contributed by atoms with Gasteiger partial charge in [0, 0.05) is 6.54 Å². The summed E-state index contributed by atoms with van der Waals surface area (Å²) in [5.74, 6) is -4.96. The molecule has 50 heavy (non-hydrogen) atoms. The summed E-state index contributed by atoms with van der Waals surface area (Å²) in [7, 11) is 0.